The van der Waals surface area contributed by atoms with Gasteiger partial charge in [0, 0.05) is 10.0 Å². The van der Waals surface area contributed by atoms with E-state index in [1.54, 1.807) is 49.6 Å². The zero-order chi connectivity index (χ0) is 24.7. The molecular formula is C25H27BrN2O5S. The molecule has 1 amide bonds. The molecule has 0 aliphatic carbocycles. The van der Waals surface area contributed by atoms with Gasteiger partial charge in [-0.05, 0) is 60.5 Å². The molecule has 0 heterocycles. The fourth-order valence-electron chi connectivity index (χ4n) is 3.28. The predicted octanol–water partition coefficient (Wildman–Crippen LogP) is 4.54. The Hall–Kier alpha value is -3.04. The molecule has 0 radical (unpaired) electrons. The second-order valence-electron chi connectivity index (χ2n) is 7.66. The van der Waals surface area contributed by atoms with E-state index in [0.717, 1.165) is 15.6 Å². The molecule has 3 aromatic rings. The van der Waals surface area contributed by atoms with Crippen molar-refractivity contribution in [3.63, 3.8) is 0 Å². The maximum atomic E-state index is 12.5. The van der Waals surface area contributed by atoms with Gasteiger partial charge in [0.05, 0.1) is 32.1 Å². The maximum Gasteiger partial charge on any atom is 0.251 e. The molecule has 34 heavy (non-hydrogen) atoms. The van der Waals surface area contributed by atoms with Crippen LogP contribution in [-0.4, -0.2) is 40.8 Å². The molecule has 7 nitrogen and oxygen atoms in total. The Kier molecular flexibility index (Phi) is 8.57. The van der Waals surface area contributed by atoms with Gasteiger partial charge >= 0.3 is 0 Å². The fraction of sp³-hybridized carbons (Fsp3) is 0.240. The number of nitrogens with zero attached hydrogens (tertiary/aromatic N) is 1. The summed E-state index contributed by atoms with van der Waals surface area (Å²) >= 11 is 3.44. The van der Waals surface area contributed by atoms with Gasteiger partial charge < -0.3 is 14.8 Å². The highest BCUT2D eigenvalue weighted by atomic mass is 79.9. The Morgan fingerprint density at radius 2 is 1.71 bits per heavy atom. The molecule has 9 heteroatoms. The summed E-state index contributed by atoms with van der Waals surface area (Å²) in [6.45, 7) is 2.68. The molecule has 0 fully saturated rings. The number of hydrogen-bond donors (Lipinski definition) is 1. The van der Waals surface area contributed by atoms with Crippen LogP contribution in [-0.2, 0) is 16.6 Å². The first-order valence-electron chi connectivity index (χ1n) is 10.6. The Labute approximate surface area is 208 Å². The van der Waals surface area contributed by atoms with E-state index in [2.05, 4.69) is 21.2 Å². The quantitative estimate of drug-likeness (QED) is 0.377. The third-order valence-electron chi connectivity index (χ3n) is 5.09. The summed E-state index contributed by atoms with van der Waals surface area (Å²) in [5.74, 6) is 1.00. The molecule has 0 spiro atoms. The van der Waals surface area contributed by atoms with Crippen LogP contribution in [0.1, 0.15) is 21.5 Å². The van der Waals surface area contributed by atoms with E-state index >= 15 is 0 Å². The summed E-state index contributed by atoms with van der Waals surface area (Å²) in [6, 6.07) is 19.6. The molecule has 0 aliphatic heterocycles. The Morgan fingerprint density at radius 1 is 1.03 bits per heavy atom. The van der Waals surface area contributed by atoms with Crippen molar-refractivity contribution in [1.29, 1.82) is 0 Å². The molecule has 3 aromatic carbocycles. The van der Waals surface area contributed by atoms with Gasteiger partial charge in [-0.15, -0.1) is 0 Å². The topological polar surface area (TPSA) is 84.9 Å². The second kappa shape index (κ2) is 11.4. The van der Waals surface area contributed by atoms with Gasteiger partial charge in [0.15, 0.2) is 11.5 Å². The Morgan fingerprint density at radius 3 is 2.32 bits per heavy atom. The van der Waals surface area contributed by atoms with E-state index in [1.165, 1.54) is 10.6 Å². The van der Waals surface area contributed by atoms with Crippen molar-refractivity contribution in [1.82, 2.24) is 5.32 Å². The van der Waals surface area contributed by atoms with Gasteiger partial charge in [0.25, 0.3) is 5.91 Å². The summed E-state index contributed by atoms with van der Waals surface area (Å²) in [7, 11) is -1.93. The lowest BCUT2D eigenvalue weighted by atomic mass is 10.1. The lowest BCUT2D eigenvalue weighted by Crippen LogP contribution is -2.29. The first-order valence-corrected chi connectivity index (χ1v) is 13.2. The molecule has 180 valence electrons. The van der Waals surface area contributed by atoms with E-state index in [1.807, 2.05) is 31.2 Å². The van der Waals surface area contributed by atoms with Crippen LogP contribution in [0.3, 0.4) is 0 Å². The minimum atomic E-state index is -3.50. The first-order chi connectivity index (χ1) is 16.2. The molecule has 1 N–H and O–H groups in total. The van der Waals surface area contributed by atoms with Crippen LogP contribution >= 0.6 is 15.9 Å². The molecule has 0 saturated heterocycles. The molecule has 0 saturated carbocycles. The summed E-state index contributed by atoms with van der Waals surface area (Å²) in [5.41, 5.74) is 2.77. The molecule has 0 unspecified atom stereocenters. The number of sulfonamides is 1. The Bertz CT molecular complexity index is 1250. The number of ether oxygens (including phenoxy) is 2. The second-order valence-corrected chi connectivity index (χ2v) is 10.4. The van der Waals surface area contributed by atoms with Crippen molar-refractivity contribution >= 4 is 37.5 Å². The fourth-order valence-corrected chi connectivity index (χ4v) is 4.40. The minimum absolute atomic E-state index is 0.161. The Balaban J connectivity index is 1.59. The maximum absolute atomic E-state index is 12.5. The normalized spacial score (nSPS) is 11.1. The number of rotatable bonds is 10. The van der Waals surface area contributed by atoms with Crippen LogP contribution in [0.15, 0.2) is 71.2 Å². The molecule has 3 rings (SSSR count). The number of nitrogens with one attached hydrogen (secondary N) is 1. The average Bonchev–Trinajstić information content (AvgIpc) is 2.82. The lowest BCUT2D eigenvalue weighted by Gasteiger charge is -2.23. The van der Waals surface area contributed by atoms with Gasteiger partial charge in [0.1, 0.15) is 6.61 Å². The van der Waals surface area contributed by atoms with Crippen molar-refractivity contribution in [2.45, 2.75) is 13.5 Å². The van der Waals surface area contributed by atoms with Gasteiger partial charge in [-0.1, -0.05) is 40.2 Å². The zero-order valence-electron chi connectivity index (χ0n) is 19.2. The third-order valence-corrected chi connectivity index (χ3v) is 7.12. The number of aryl methyl sites for hydroxylation is 1. The number of methoxy groups -OCH3 is 1. The number of anilines is 1. The van der Waals surface area contributed by atoms with Crippen molar-refractivity contribution < 1.29 is 22.7 Å². The predicted molar refractivity (Wildman–Crippen MR) is 137 cm³/mol. The van der Waals surface area contributed by atoms with Gasteiger partial charge in [0.2, 0.25) is 10.0 Å². The van der Waals surface area contributed by atoms with Crippen LogP contribution < -0.4 is 19.1 Å². The van der Waals surface area contributed by atoms with Crippen LogP contribution in [0.4, 0.5) is 5.69 Å². The minimum Gasteiger partial charge on any atom is -0.493 e. The summed E-state index contributed by atoms with van der Waals surface area (Å²) in [5, 5.41) is 2.81. The van der Waals surface area contributed by atoms with E-state index in [0.29, 0.717) is 35.9 Å². The molecule has 0 bridgehead atoms. The SMILES string of the molecule is COc1ccccc1OCCNC(=O)c1ccc(CN(c2ccc(Br)c(C)c2)S(C)(=O)=O)cc1. The number of para-hydroxylation sites is 2. The lowest BCUT2D eigenvalue weighted by molar-refractivity contribution is 0.0947. The molecule has 0 aromatic heterocycles. The largest absolute Gasteiger partial charge is 0.493 e. The van der Waals surface area contributed by atoms with Crippen molar-refractivity contribution in [2.24, 2.45) is 0 Å². The summed E-state index contributed by atoms with van der Waals surface area (Å²) in [6.07, 6.45) is 1.18. The molecule has 0 atom stereocenters. The van der Waals surface area contributed by atoms with Gasteiger partial charge in [-0.2, -0.15) is 0 Å². The van der Waals surface area contributed by atoms with Gasteiger partial charge in [-0.3, -0.25) is 9.10 Å². The number of benzene rings is 3. The van der Waals surface area contributed by atoms with Gasteiger partial charge in [-0.25, -0.2) is 8.42 Å². The van der Waals surface area contributed by atoms with E-state index < -0.39 is 10.0 Å². The summed E-state index contributed by atoms with van der Waals surface area (Å²) in [4.78, 5) is 12.5. The smallest absolute Gasteiger partial charge is 0.251 e. The van der Waals surface area contributed by atoms with Crippen molar-refractivity contribution in [2.75, 3.05) is 30.8 Å². The highest BCUT2D eigenvalue weighted by molar-refractivity contribution is 9.10. The van der Waals surface area contributed by atoms with Crippen LogP contribution in [0.2, 0.25) is 0 Å². The average molecular weight is 547 g/mol. The number of carbonyl (C=O) groups is 1. The number of amides is 1. The first kappa shape index (κ1) is 25.6. The highest BCUT2D eigenvalue weighted by Crippen LogP contribution is 2.27. The van der Waals surface area contributed by atoms with Crippen LogP contribution in [0, 0.1) is 6.92 Å². The van der Waals surface area contributed by atoms with E-state index in [4.69, 9.17) is 9.47 Å². The number of carbonyl (C=O) groups excluding carboxylic acids is 1. The summed E-state index contributed by atoms with van der Waals surface area (Å²) < 4.78 is 38.0. The number of halogens is 1. The van der Waals surface area contributed by atoms with Crippen LogP contribution in [0.25, 0.3) is 0 Å². The third kappa shape index (κ3) is 6.74. The highest BCUT2D eigenvalue weighted by Gasteiger charge is 2.19. The zero-order valence-corrected chi connectivity index (χ0v) is 21.6. The van der Waals surface area contributed by atoms with E-state index in [-0.39, 0.29) is 12.5 Å². The monoisotopic (exact) mass is 546 g/mol. The molecular weight excluding hydrogens is 520 g/mol. The molecule has 0 aliphatic rings. The van der Waals surface area contributed by atoms with Crippen molar-refractivity contribution in [3.05, 3.63) is 87.9 Å². The van der Waals surface area contributed by atoms with Crippen LogP contribution in [0.5, 0.6) is 11.5 Å². The van der Waals surface area contributed by atoms with Crippen molar-refractivity contribution in [3.8, 4) is 11.5 Å². The standard InChI is InChI=1S/C25H27BrN2O5S/c1-18-16-21(12-13-22(18)26)28(34(3,30)31)17-19-8-10-20(11-9-19)25(29)27-14-15-33-24-7-5-4-6-23(24)32-2/h4-13,16H,14-15,17H2,1-3H3,(H,27,29). The van der Waals surface area contributed by atoms with E-state index in [9.17, 15) is 13.2 Å². The number of hydrogen-bond acceptors (Lipinski definition) is 5.